The van der Waals surface area contributed by atoms with E-state index in [1.165, 1.54) is 0 Å². The first-order valence-corrected chi connectivity index (χ1v) is 5.76. The van der Waals surface area contributed by atoms with Gasteiger partial charge in [-0.2, -0.15) is 0 Å². The molecule has 1 aromatic rings. The van der Waals surface area contributed by atoms with E-state index in [9.17, 15) is 14.4 Å². The topological polar surface area (TPSA) is 75.3 Å². The number of hydrogen-bond donors (Lipinski definition) is 2. The zero-order chi connectivity index (χ0) is 13.2. The Morgan fingerprint density at radius 1 is 1.11 bits per heavy atom. The minimum absolute atomic E-state index is 0.148. The summed E-state index contributed by atoms with van der Waals surface area (Å²) >= 11 is 0. The molecule has 0 saturated heterocycles. The third-order valence-electron chi connectivity index (χ3n) is 2.32. The van der Waals surface area contributed by atoms with Crippen molar-refractivity contribution in [2.75, 3.05) is 13.1 Å². The Kier molecular flexibility index (Phi) is 6.17. The molecule has 0 aliphatic heterocycles. The van der Waals surface area contributed by atoms with Crippen molar-refractivity contribution in [3.8, 4) is 0 Å². The minimum atomic E-state index is -0.296. The van der Waals surface area contributed by atoms with Crippen molar-refractivity contribution in [1.29, 1.82) is 0 Å². The van der Waals surface area contributed by atoms with Crippen LogP contribution in [0.4, 0.5) is 0 Å². The smallest absolute Gasteiger partial charge is 0.227 e. The maximum absolute atomic E-state index is 11.7. The van der Waals surface area contributed by atoms with Crippen molar-refractivity contribution >= 4 is 18.1 Å². The lowest BCUT2D eigenvalue weighted by molar-refractivity contribution is -0.120. The third kappa shape index (κ3) is 5.25. The summed E-state index contributed by atoms with van der Waals surface area (Å²) in [4.78, 5) is 33.1. The van der Waals surface area contributed by atoms with Gasteiger partial charge in [0.15, 0.2) is 5.78 Å². The van der Waals surface area contributed by atoms with Crippen molar-refractivity contribution in [1.82, 2.24) is 10.6 Å². The second-order valence-electron chi connectivity index (χ2n) is 3.74. The fourth-order valence-corrected chi connectivity index (χ4v) is 1.41. The highest BCUT2D eigenvalue weighted by Crippen LogP contribution is 2.02. The van der Waals surface area contributed by atoms with Crippen molar-refractivity contribution < 1.29 is 14.4 Å². The van der Waals surface area contributed by atoms with Crippen LogP contribution < -0.4 is 10.6 Å². The van der Waals surface area contributed by atoms with Crippen LogP contribution in [0.3, 0.4) is 0 Å². The molecule has 0 spiro atoms. The lowest BCUT2D eigenvalue weighted by Gasteiger charge is -2.04. The van der Waals surface area contributed by atoms with E-state index in [1.807, 2.05) is 6.07 Å². The molecule has 0 unspecified atom stereocenters. The van der Waals surface area contributed by atoms with E-state index in [4.69, 9.17) is 0 Å². The molecule has 0 aliphatic rings. The molecule has 0 heterocycles. The summed E-state index contributed by atoms with van der Waals surface area (Å²) in [6, 6.07) is 8.70. The molecule has 96 valence electrons. The molecule has 0 aliphatic carbocycles. The number of Topliss-reactive ketones (excluding diaryl/α,β-unsaturated/α-hetero) is 1. The van der Waals surface area contributed by atoms with Crippen LogP contribution in [0.25, 0.3) is 0 Å². The number of benzene rings is 1. The van der Waals surface area contributed by atoms with Gasteiger partial charge in [0.1, 0.15) is 0 Å². The summed E-state index contributed by atoms with van der Waals surface area (Å²) in [6.07, 6.45) is 1.11. The largest absolute Gasteiger partial charge is 0.359 e. The number of amides is 2. The van der Waals surface area contributed by atoms with Gasteiger partial charge in [-0.1, -0.05) is 30.3 Å². The van der Waals surface area contributed by atoms with Crippen molar-refractivity contribution in [3.63, 3.8) is 0 Å². The van der Waals surface area contributed by atoms with Gasteiger partial charge in [-0.3, -0.25) is 14.4 Å². The lowest BCUT2D eigenvalue weighted by Crippen LogP contribution is -2.28. The predicted octanol–water partition coefficient (Wildman–Crippen LogP) is 0.512. The monoisotopic (exact) mass is 248 g/mol. The molecule has 0 saturated carbocycles. The Labute approximate surface area is 106 Å². The van der Waals surface area contributed by atoms with E-state index in [1.54, 1.807) is 24.3 Å². The molecule has 1 rings (SSSR count). The number of rotatable bonds is 8. The molecule has 5 nitrogen and oxygen atoms in total. The second kappa shape index (κ2) is 8.00. The molecule has 2 N–H and O–H groups in total. The van der Waals surface area contributed by atoms with E-state index in [-0.39, 0.29) is 18.1 Å². The summed E-state index contributed by atoms with van der Waals surface area (Å²) in [7, 11) is 0. The molecule has 0 fully saturated rings. The average Bonchev–Trinajstić information content (AvgIpc) is 2.39. The number of carbonyl (C=O) groups excluding carboxylic acids is 3. The maximum Gasteiger partial charge on any atom is 0.227 e. The molecule has 0 aromatic heterocycles. The van der Waals surface area contributed by atoms with Gasteiger partial charge in [0.05, 0.1) is 6.42 Å². The number of ketones is 1. The summed E-state index contributed by atoms with van der Waals surface area (Å²) in [5.74, 6) is -0.492. The van der Waals surface area contributed by atoms with Gasteiger partial charge in [0, 0.05) is 18.7 Å². The average molecular weight is 248 g/mol. The van der Waals surface area contributed by atoms with Crippen LogP contribution in [-0.2, 0) is 9.59 Å². The second-order valence-corrected chi connectivity index (χ2v) is 3.74. The number of nitrogens with one attached hydrogen (secondary N) is 2. The summed E-state index contributed by atoms with van der Waals surface area (Å²) in [5.41, 5.74) is 0.537. The van der Waals surface area contributed by atoms with E-state index in [0.29, 0.717) is 31.5 Å². The number of hydrogen-bond acceptors (Lipinski definition) is 3. The summed E-state index contributed by atoms with van der Waals surface area (Å²) in [6.45, 7) is 0.957. The lowest BCUT2D eigenvalue weighted by atomic mass is 10.1. The SMILES string of the molecule is O=CNCCCNC(=O)CC(=O)c1ccccc1. The molecule has 1 aromatic carbocycles. The minimum Gasteiger partial charge on any atom is -0.359 e. The van der Waals surface area contributed by atoms with E-state index < -0.39 is 0 Å². The summed E-state index contributed by atoms with van der Waals surface area (Å²) in [5, 5.41) is 5.12. The summed E-state index contributed by atoms with van der Waals surface area (Å²) < 4.78 is 0. The first kappa shape index (κ1) is 13.9. The highest BCUT2D eigenvalue weighted by Gasteiger charge is 2.10. The molecular formula is C13H16N2O3. The van der Waals surface area contributed by atoms with Crippen LogP contribution in [0.1, 0.15) is 23.2 Å². The van der Waals surface area contributed by atoms with Crippen LogP contribution in [0.5, 0.6) is 0 Å². The van der Waals surface area contributed by atoms with Gasteiger partial charge in [0.2, 0.25) is 12.3 Å². The molecular weight excluding hydrogens is 232 g/mol. The zero-order valence-corrected chi connectivity index (χ0v) is 10.0. The first-order valence-electron chi connectivity index (χ1n) is 5.76. The van der Waals surface area contributed by atoms with Gasteiger partial charge < -0.3 is 10.6 Å². The van der Waals surface area contributed by atoms with Crippen molar-refractivity contribution in [2.24, 2.45) is 0 Å². The third-order valence-corrected chi connectivity index (χ3v) is 2.32. The van der Waals surface area contributed by atoms with Gasteiger partial charge in [-0.05, 0) is 6.42 Å². The van der Waals surface area contributed by atoms with Crippen molar-refractivity contribution in [3.05, 3.63) is 35.9 Å². The maximum atomic E-state index is 11.7. The van der Waals surface area contributed by atoms with Crippen molar-refractivity contribution in [2.45, 2.75) is 12.8 Å². The first-order chi connectivity index (χ1) is 8.74. The van der Waals surface area contributed by atoms with Crippen LogP contribution in [-0.4, -0.2) is 31.2 Å². The fourth-order valence-electron chi connectivity index (χ4n) is 1.41. The normalized spacial score (nSPS) is 9.56. The number of carbonyl (C=O) groups is 3. The van der Waals surface area contributed by atoms with Crippen LogP contribution in [0.15, 0.2) is 30.3 Å². The quantitative estimate of drug-likeness (QED) is 0.305. The van der Waals surface area contributed by atoms with Crippen LogP contribution >= 0.6 is 0 Å². The van der Waals surface area contributed by atoms with Gasteiger partial charge in [0.25, 0.3) is 0 Å². The standard InChI is InChI=1S/C13H16N2O3/c16-10-14-7-4-8-15-13(18)9-12(17)11-5-2-1-3-6-11/h1-3,5-6,10H,4,7-9H2,(H,14,16)(H,15,18). The Hall–Kier alpha value is -2.17. The Morgan fingerprint density at radius 3 is 2.50 bits per heavy atom. The highest BCUT2D eigenvalue weighted by atomic mass is 16.2. The zero-order valence-electron chi connectivity index (χ0n) is 10.0. The van der Waals surface area contributed by atoms with Crippen LogP contribution in [0, 0.1) is 0 Å². The highest BCUT2D eigenvalue weighted by molar-refractivity contribution is 6.07. The molecule has 0 atom stereocenters. The molecule has 0 radical (unpaired) electrons. The molecule has 0 bridgehead atoms. The fraction of sp³-hybridized carbons (Fsp3) is 0.308. The molecule has 2 amide bonds. The van der Waals surface area contributed by atoms with E-state index in [2.05, 4.69) is 10.6 Å². The van der Waals surface area contributed by atoms with Gasteiger partial charge in [-0.15, -0.1) is 0 Å². The van der Waals surface area contributed by atoms with E-state index >= 15 is 0 Å². The predicted molar refractivity (Wildman–Crippen MR) is 67.1 cm³/mol. The van der Waals surface area contributed by atoms with E-state index in [0.717, 1.165) is 0 Å². The van der Waals surface area contributed by atoms with Crippen LogP contribution in [0.2, 0.25) is 0 Å². The van der Waals surface area contributed by atoms with Gasteiger partial charge in [-0.25, -0.2) is 0 Å². The molecule has 5 heteroatoms. The Balaban J connectivity index is 2.24. The Bertz CT molecular complexity index is 404. The Morgan fingerprint density at radius 2 is 1.83 bits per heavy atom. The molecule has 18 heavy (non-hydrogen) atoms. The van der Waals surface area contributed by atoms with Gasteiger partial charge >= 0.3 is 0 Å².